The lowest BCUT2D eigenvalue weighted by molar-refractivity contribution is -0.116. The monoisotopic (exact) mass is 384 g/mol. The van der Waals surface area contributed by atoms with Crippen LogP contribution in [0.1, 0.15) is 24.2 Å². The zero-order valence-electron chi connectivity index (χ0n) is 13.4. The molecule has 1 aliphatic carbocycles. The van der Waals surface area contributed by atoms with E-state index in [1.807, 2.05) is 18.2 Å². The minimum absolute atomic E-state index is 0.0441. The third-order valence-electron chi connectivity index (χ3n) is 3.99. The molecule has 1 aromatic carbocycles. The highest BCUT2D eigenvalue weighted by atomic mass is 79.9. The Hall–Kier alpha value is -2.27. The molecule has 0 aromatic heterocycles. The predicted octanol–water partition coefficient (Wildman–Crippen LogP) is 3.81. The largest absolute Gasteiger partial charge is 0.325 e. The number of carbonyl (C=O) groups excluding carboxylic acids is 2. The number of aliphatic imine (C=N–C) groups is 1. The molecule has 122 valence electrons. The van der Waals surface area contributed by atoms with Gasteiger partial charge in [0.2, 0.25) is 5.91 Å². The maximum absolute atomic E-state index is 12.3. The van der Waals surface area contributed by atoms with Crippen LogP contribution in [0.5, 0.6) is 0 Å². The third kappa shape index (κ3) is 3.46. The SMILES string of the molecule is CC(C)C1=CC(=O)NC2=CC(=NC(=O)c3cccc(Br)c3)C=CC21. The second-order valence-electron chi connectivity index (χ2n) is 6.08. The molecule has 1 aliphatic heterocycles. The van der Waals surface area contributed by atoms with Crippen molar-refractivity contribution in [2.24, 2.45) is 16.8 Å². The number of fused-ring (bicyclic) bond motifs is 1. The molecular weight excluding hydrogens is 368 g/mol. The molecule has 0 saturated carbocycles. The number of rotatable bonds is 2. The summed E-state index contributed by atoms with van der Waals surface area (Å²) in [6.07, 6.45) is 7.24. The number of amides is 2. The van der Waals surface area contributed by atoms with Crippen LogP contribution in [0, 0.1) is 11.8 Å². The Morgan fingerprint density at radius 1 is 1.29 bits per heavy atom. The molecule has 2 aliphatic rings. The van der Waals surface area contributed by atoms with Gasteiger partial charge in [0.25, 0.3) is 5.91 Å². The number of hydrogen-bond acceptors (Lipinski definition) is 2. The average molecular weight is 385 g/mol. The lowest BCUT2D eigenvalue weighted by Gasteiger charge is -2.29. The molecule has 1 aromatic rings. The van der Waals surface area contributed by atoms with Crippen molar-refractivity contribution in [3.8, 4) is 0 Å². The van der Waals surface area contributed by atoms with Gasteiger partial charge in [-0.3, -0.25) is 9.59 Å². The third-order valence-corrected chi connectivity index (χ3v) is 4.48. The molecular formula is C19H17BrN2O2. The molecule has 5 heteroatoms. The van der Waals surface area contributed by atoms with Gasteiger partial charge in [-0.2, -0.15) is 0 Å². The smallest absolute Gasteiger partial charge is 0.277 e. The van der Waals surface area contributed by atoms with Crippen molar-refractivity contribution in [3.63, 3.8) is 0 Å². The molecule has 1 unspecified atom stereocenters. The predicted molar refractivity (Wildman–Crippen MR) is 97.7 cm³/mol. The van der Waals surface area contributed by atoms with E-state index in [-0.39, 0.29) is 23.7 Å². The van der Waals surface area contributed by atoms with Gasteiger partial charge in [0, 0.05) is 27.7 Å². The highest BCUT2D eigenvalue weighted by Crippen LogP contribution is 2.31. The molecule has 0 bridgehead atoms. The van der Waals surface area contributed by atoms with Crippen LogP contribution in [-0.2, 0) is 4.79 Å². The first-order valence-electron chi connectivity index (χ1n) is 7.75. The van der Waals surface area contributed by atoms with E-state index in [0.717, 1.165) is 15.7 Å². The van der Waals surface area contributed by atoms with Gasteiger partial charge < -0.3 is 5.32 Å². The molecule has 0 radical (unpaired) electrons. The molecule has 1 heterocycles. The number of carbonyl (C=O) groups is 2. The van der Waals surface area contributed by atoms with Gasteiger partial charge in [-0.15, -0.1) is 0 Å². The summed E-state index contributed by atoms with van der Waals surface area (Å²) in [6.45, 7) is 4.13. The van der Waals surface area contributed by atoms with Crippen molar-refractivity contribution < 1.29 is 9.59 Å². The molecule has 3 rings (SSSR count). The Labute approximate surface area is 149 Å². The molecule has 1 N–H and O–H groups in total. The van der Waals surface area contributed by atoms with Crippen LogP contribution in [0.3, 0.4) is 0 Å². The fourth-order valence-corrected chi connectivity index (χ4v) is 3.22. The summed E-state index contributed by atoms with van der Waals surface area (Å²) in [6, 6.07) is 7.11. The second-order valence-corrected chi connectivity index (χ2v) is 6.99. The number of nitrogens with zero attached hydrogens (tertiary/aromatic N) is 1. The number of allylic oxidation sites excluding steroid dienone is 3. The summed E-state index contributed by atoms with van der Waals surface area (Å²) < 4.78 is 0.831. The van der Waals surface area contributed by atoms with Gasteiger partial charge >= 0.3 is 0 Å². The van der Waals surface area contributed by atoms with Gasteiger partial charge in [-0.1, -0.05) is 41.9 Å². The van der Waals surface area contributed by atoms with Gasteiger partial charge in [-0.05, 0) is 41.8 Å². The first kappa shape index (κ1) is 16.6. The highest BCUT2D eigenvalue weighted by Gasteiger charge is 2.27. The van der Waals surface area contributed by atoms with Crippen LogP contribution < -0.4 is 5.32 Å². The normalized spacial score (nSPS) is 21.2. The molecule has 0 spiro atoms. The van der Waals surface area contributed by atoms with Crippen molar-refractivity contribution in [1.29, 1.82) is 0 Å². The van der Waals surface area contributed by atoms with Crippen molar-refractivity contribution in [2.45, 2.75) is 13.8 Å². The van der Waals surface area contributed by atoms with Crippen molar-refractivity contribution in [1.82, 2.24) is 5.32 Å². The van der Waals surface area contributed by atoms with Crippen molar-refractivity contribution >= 4 is 33.5 Å². The maximum Gasteiger partial charge on any atom is 0.277 e. The number of halogens is 1. The zero-order chi connectivity index (χ0) is 17.3. The van der Waals surface area contributed by atoms with E-state index >= 15 is 0 Å². The Morgan fingerprint density at radius 3 is 2.79 bits per heavy atom. The number of nitrogens with one attached hydrogen (secondary N) is 1. The zero-order valence-corrected chi connectivity index (χ0v) is 15.0. The van der Waals surface area contributed by atoms with E-state index in [1.165, 1.54) is 0 Å². The molecule has 1 atom stereocenters. The Morgan fingerprint density at radius 2 is 2.08 bits per heavy atom. The fraction of sp³-hybridized carbons (Fsp3) is 0.211. The Balaban J connectivity index is 1.89. The van der Waals surface area contributed by atoms with Crippen LogP contribution in [0.2, 0.25) is 0 Å². The van der Waals surface area contributed by atoms with Gasteiger partial charge in [0.05, 0.1) is 5.71 Å². The Bertz CT molecular complexity index is 832. The molecule has 0 saturated heterocycles. The topological polar surface area (TPSA) is 58.5 Å². The van der Waals surface area contributed by atoms with Crippen LogP contribution in [-0.4, -0.2) is 17.5 Å². The van der Waals surface area contributed by atoms with E-state index in [9.17, 15) is 9.59 Å². The van der Waals surface area contributed by atoms with Crippen LogP contribution >= 0.6 is 15.9 Å². The van der Waals surface area contributed by atoms with Crippen LogP contribution in [0.25, 0.3) is 0 Å². The minimum atomic E-state index is -0.312. The molecule has 2 amide bonds. The van der Waals surface area contributed by atoms with E-state index in [2.05, 4.69) is 40.1 Å². The summed E-state index contributed by atoms with van der Waals surface area (Å²) in [7, 11) is 0. The average Bonchev–Trinajstić information content (AvgIpc) is 2.53. The van der Waals surface area contributed by atoms with Crippen molar-refractivity contribution in [3.05, 3.63) is 69.9 Å². The summed E-state index contributed by atoms with van der Waals surface area (Å²) in [4.78, 5) is 28.3. The quantitative estimate of drug-likeness (QED) is 0.842. The van der Waals surface area contributed by atoms with E-state index in [4.69, 9.17) is 0 Å². The first-order valence-corrected chi connectivity index (χ1v) is 8.54. The summed E-state index contributed by atoms with van der Waals surface area (Å²) in [5.41, 5.74) is 2.89. The van der Waals surface area contributed by atoms with Gasteiger partial charge in [0.15, 0.2) is 0 Å². The lowest BCUT2D eigenvalue weighted by atomic mass is 9.82. The van der Waals surface area contributed by atoms with Gasteiger partial charge in [0.1, 0.15) is 0 Å². The van der Waals surface area contributed by atoms with E-state index < -0.39 is 0 Å². The number of benzene rings is 1. The van der Waals surface area contributed by atoms with E-state index in [1.54, 1.807) is 30.4 Å². The molecule has 0 fully saturated rings. The Kier molecular flexibility index (Phi) is 4.62. The summed E-state index contributed by atoms with van der Waals surface area (Å²) in [5.74, 6) is -0.124. The van der Waals surface area contributed by atoms with Crippen LogP contribution in [0.15, 0.2) is 69.3 Å². The number of hydrogen-bond donors (Lipinski definition) is 1. The second kappa shape index (κ2) is 6.69. The minimum Gasteiger partial charge on any atom is -0.325 e. The molecule has 4 nitrogen and oxygen atoms in total. The maximum atomic E-state index is 12.3. The summed E-state index contributed by atoms with van der Waals surface area (Å²) >= 11 is 3.35. The standard InChI is InChI=1S/C19H17BrN2O2/c1-11(2)16-10-18(23)22-17-9-14(6-7-15(16)17)21-19(24)12-4-3-5-13(20)8-12/h3-11,15H,1-2H3,(H,22,23). The highest BCUT2D eigenvalue weighted by molar-refractivity contribution is 9.10. The van der Waals surface area contributed by atoms with Gasteiger partial charge in [-0.25, -0.2) is 4.99 Å². The van der Waals surface area contributed by atoms with Crippen LogP contribution in [0.4, 0.5) is 0 Å². The summed E-state index contributed by atoms with van der Waals surface area (Å²) in [5, 5.41) is 2.85. The lowest BCUT2D eigenvalue weighted by Crippen LogP contribution is -2.34. The molecule has 24 heavy (non-hydrogen) atoms. The fourth-order valence-electron chi connectivity index (χ4n) is 2.82. The van der Waals surface area contributed by atoms with E-state index in [0.29, 0.717) is 11.3 Å². The first-order chi connectivity index (χ1) is 11.4. The van der Waals surface area contributed by atoms with Crippen molar-refractivity contribution in [2.75, 3.05) is 0 Å².